The molecule has 0 unspecified atom stereocenters. The Hall–Kier alpha value is -1.89. The average molecular weight is 365 g/mol. The first kappa shape index (κ1) is 17.0. The molecule has 0 atom stereocenters. The van der Waals surface area contributed by atoms with Crippen molar-refractivity contribution in [2.24, 2.45) is 0 Å². The summed E-state index contributed by atoms with van der Waals surface area (Å²) in [7, 11) is -3.60. The molecule has 0 aromatic heterocycles. The van der Waals surface area contributed by atoms with Gasteiger partial charge in [0.2, 0.25) is 10.0 Å². The Kier molecular flexibility index (Phi) is 4.89. The van der Waals surface area contributed by atoms with E-state index in [4.69, 9.17) is 11.6 Å². The first-order chi connectivity index (χ1) is 11.4. The molecule has 1 amide bonds. The Morgan fingerprint density at radius 1 is 1.04 bits per heavy atom. The van der Waals surface area contributed by atoms with Crippen LogP contribution in [0.2, 0.25) is 5.02 Å². The van der Waals surface area contributed by atoms with Crippen LogP contribution < -0.4 is 10.0 Å². The number of hydrogen-bond donors (Lipinski definition) is 2. The molecule has 1 fully saturated rings. The number of hydrogen-bond acceptors (Lipinski definition) is 3. The van der Waals surface area contributed by atoms with Crippen molar-refractivity contribution in [1.82, 2.24) is 10.0 Å². The molecule has 1 aliphatic rings. The molecule has 7 heteroatoms. The number of benzene rings is 2. The number of nitrogens with one attached hydrogen (secondary N) is 2. The lowest BCUT2D eigenvalue weighted by atomic mass is 10.1. The van der Waals surface area contributed by atoms with E-state index in [2.05, 4.69) is 10.0 Å². The summed E-state index contributed by atoms with van der Waals surface area (Å²) in [6, 6.07) is 13.2. The third kappa shape index (κ3) is 4.35. The van der Waals surface area contributed by atoms with Gasteiger partial charge in [-0.2, -0.15) is 0 Å². The molecule has 2 N–H and O–H groups in total. The molecule has 0 heterocycles. The molecule has 126 valence electrons. The minimum Gasteiger partial charge on any atom is -0.349 e. The van der Waals surface area contributed by atoms with Crippen LogP contribution in [0, 0.1) is 0 Å². The fourth-order valence-electron chi connectivity index (χ4n) is 2.15. The summed E-state index contributed by atoms with van der Waals surface area (Å²) in [5.74, 6) is -0.0919. The van der Waals surface area contributed by atoms with Crippen LogP contribution in [0.25, 0.3) is 0 Å². The van der Waals surface area contributed by atoms with Gasteiger partial charge < -0.3 is 5.32 Å². The van der Waals surface area contributed by atoms with E-state index >= 15 is 0 Å². The summed E-state index contributed by atoms with van der Waals surface area (Å²) in [4.78, 5) is 12.1. The quantitative estimate of drug-likeness (QED) is 0.827. The number of carbonyl (C=O) groups is 1. The Balaban J connectivity index is 1.61. The van der Waals surface area contributed by atoms with Crippen molar-refractivity contribution in [3.63, 3.8) is 0 Å². The van der Waals surface area contributed by atoms with Gasteiger partial charge in [0.05, 0.1) is 4.90 Å². The van der Waals surface area contributed by atoms with E-state index in [0.717, 1.165) is 18.4 Å². The molecule has 0 aliphatic heterocycles. The third-order valence-corrected chi connectivity index (χ3v) is 5.39. The highest BCUT2D eigenvalue weighted by atomic mass is 35.5. The number of amides is 1. The second-order valence-electron chi connectivity index (χ2n) is 5.72. The van der Waals surface area contributed by atoms with Gasteiger partial charge in [0.1, 0.15) is 0 Å². The summed E-state index contributed by atoms with van der Waals surface area (Å²) in [5, 5.41) is 3.39. The predicted molar refractivity (Wildman–Crippen MR) is 92.4 cm³/mol. The van der Waals surface area contributed by atoms with Crippen molar-refractivity contribution in [3.05, 3.63) is 64.7 Å². The van der Waals surface area contributed by atoms with Crippen molar-refractivity contribution < 1.29 is 13.2 Å². The molecule has 0 saturated heterocycles. The molecule has 24 heavy (non-hydrogen) atoms. The Bertz CT molecular complexity index is 829. The van der Waals surface area contributed by atoms with E-state index in [1.54, 1.807) is 24.3 Å². The Morgan fingerprint density at radius 2 is 1.67 bits per heavy atom. The van der Waals surface area contributed by atoms with Gasteiger partial charge in [-0.15, -0.1) is 0 Å². The van der Waals surface area contributed by atoms with E-state index in [0.29, 0.717) is 16.6 Å². The van der Waals surface area contributed by atoms with E-state index < -0.39 is 10.0 Å². The maximum absolute atomic E-state index is 12.2. The summed E-state index contributed by atoms with van der Waals surface area (Å²) < 4.78 is 26.9. The molecule has 3 rings (SSSR count). The van der Waals surface area contributed by atoms with Crippen molar-refractivity contribution in [2.45, 2.75) is 30.3 Å². The molecule has 0 bridgehead atoms. The lowest BCUT2D eigenvalue weighted by Gasteiger charge is -2.08. The highest BCUT2D eigenvalue weighted by Crippen LogP contribution is 2.19. The summed E-state index contributed by atoms with van der Waals surface area (Å²) in [6.07, 6.45) is 2.08. The van der Waals surface area contributed by atoms with E-state index in [1.807, 2.05) is 0 Å². The van der Waals surface area contributed by atoms with Crippen LogP contribution in [0.5, 0.6) is 0 Å². The molecule has 5 nitrogen and oxygen atoms in total. The zero-order valence-corrected chi connectivity index (χ0v) is 14.4. The van der Waals surface area contributed by atoms with Crippen LogP contribution in [0.4, 0.5) is 0 Å². The molecule has 0 spiro atoms. The number of sulfonamides is 1. The molecule has 1 aliphatic carbocycles. The van der Waals surface area contributed by atoms with Gasteiger partial charge in [-0.05, 0) is 54.8 Å². The molecule has 0 radical (unpaired) electrons. The second kappa shape index (κ2) is 6.93. The molecular formula is C17H17ClN2O3S. The van der Waals surface area contributed by atoms with E-state index in [9.17, 15) is 13.2 Å². The van der Waals surface area contributed by atoms with Crippen molar-refractivity contribution >= 4 is 27.5 Å². The lowest BCUT2D eigenvalue weighted by molar-refractivity contribution is 0.0951. The minimum atomic E-state index is -3.60. The Morgan fingerprint density at radius 3 is 2.25 bits per heavy atom. The van der Waals surface area contributed by atoms with Gasteiger partial charge in [-0.3, -0.25) is 4.79 Å². The van der Waals surface area contributed by atoms with Crippen molar-refractivity contribution in [1.29, 1.82) is 0 Å². The molecular weight excluding hydrogens is 348 g/mol. The second-order valence-corrected chi connectivity index (χ2v) is 7.93. The standard InChI is InChI=1S/C17H17ClN2O3S/c18-14-5-9-16(10-6-14)24(22,23)19-11-12-1-3-13(4-2-12)17(21)20-15-7-8-15/h1-6,9-10,15,19H,7-8,11H2,(H,20,21). The Labute approximate surface area is 146 Å². The van der Waals surface area contributed by atoms with Crippen molar-refractivity contribution in [3.8, 4) is 0 Å². The summed E-state index contributed by atoms with van der Waals surface area (Å²) in [5.41, 5.74) is 1.35. The van der Waals surface area contributed by atoms with Crippen molar-refractivity contribution in [2.75, 3.05) is 0 Å². The van der Waals surface area contributed by atoms with Gasteiger partial charge in [-0.25, -0.2) is 13.1 Å². The fraction of sp³-hybridized carbons (Fsp3) is 0.235. The monoisotopic (exact) mass is 364 g/mol. The van der Waals surface area contributed by atoms with Crippen LogP contribution >= 0.6 is 11.6 Å². The van der Waals surface area contributed by atoms with Gasteiger partial charge in [-0.1, -0.05) is 23.7 Å². The van der Waals surface area contributed by atoms with Crippen LogP contribution in [-0.4, -0.2) is 20.4 Å². The molecule has 2 aromatic carbocycles. The van der Waals surface area contributed by atoms with Crippen LogP contribution in [-0.2, 0) is 16.6 Å². The van der Waals surface area contributed by atoms with Crippen LogP contribution in [0.1, 0.15) is 28.8 Å². The molecule has 1 saturated carbocycles. The lowest BCUT2D eigenvalue weighted by Crippen LogP contribution is -2.25. The van der Waals surface area contributed by atoms with E-state index in [-0.39, 0.29) is 17.3 Å². The average Bonchev–Trinajstić information content (AvgIpc) is 3.38. The first-order valence-corrected chi connectivity index (χ1v) is 9.45. The highest BCUT2D eigenvalue weighted by molar-refractivity contribution is 7.89. The number of carbonyl (C=O) groups excluding carboxylic acids is 1. The van der Waals surface area contributed by atoms with Gasteiger partial charge >= 0.3 is 0 Å². The largest absolute Gasteiger partial charge is 0.349 e. The van der Waals surface area contributed by atoms with E-state index in [1.165, 1.54) is 24.3 Å². The SMILES string of the molecule is O=C(NC1CC1)c1ccc(CNS(=O)(=O)c2ccc(Cl)cc2)cc1. The zero-order valence-electron chi connectivity index (χ0n) is 12.8. The predicted octanol–water partition coefficient (Wildman–Crippen LogP) is 2.71. The van der Waals surface area contributed by atoms with Gasteiger partial charge in [0.25, 0.3) is 5.91 Å². The zero-order chi connectivity index (χ0) is 17.2. The maximum atomic E-state index is 12.2. The fourth-order valence-corrected chi connectivity index (χ4v) is 3.29. The smallest absolute Gasteiger partial charge is 0.251 e. The number of halogens is 1. The highest BCUT2D eigenvalue weighted by Gasteiger charge is 2.23. The van der Waals surface area contributed by atoms with Crippen LogP contribution in [0.3, 0.4) is 0 Å². The molecule has 2 aromatic rings. The number of rotatable bonds is 6. The van der Waals surface area contributed by atoms with Crippen LogP contribution in [0.15, 0.2) is 53.4 Å². The maximum Gasteiger partial charge on any atom is 0.251 e. The minimum absolute atomic E-state index is 0.0919. The first-order valence-electron chi connectivity index (χ1n) is 7.59. The third-order valence-electron chi connectivity index (χ3n) is 3.72. The normalized spacial score (nSPS) is 14.4. The van der Waals surface area contributed by atoms with Gasteiger partial charge in [0.15, 0.2) is 0 Å². The summed E-state index contributed by atoms with van der Waals surface area (Å²) >= 11 is 5.76. The topological polar surface area (TPSA) is 75.3 Å². The summed E-state index contributed by atoms with van der Waals surface area (Å²) in [6.45, 7) is 0.148. The van der Waals surface area contributed by atoms with Gasteiger partial charge in [0, 0.05) is 23.2 Å².